The van der Waals surface area contributed by atoms with Gasteiger partial charge in [-0.15, -0.1) is 0 Å². The van der Waals surface area contributed by atoms with Crippen molar-refractivity contribution in [1.82, 2.24) is 19.3 Å². The van der Waals surface area contributed by atoms with Crippen molar-refractivity contribution in [3.8, 4) is 0 Å². The number of anilines is 1. The number of rotatable bonds is 13. The third-order valence-electron chi connectivity index (χ3n) is 14.3. The number of hydrogen-bond donors (Lipinski definition) is 0. The zero-order valence-corrected chi connectivity index (χ0v) is 39.0. The maximum Gasteiger partial charge on any atom is 0.183 e. The van der Waals surface area contributed by atoms with Crippen molar-refractivity contribution < 1.29 is 23.9 Å². The molecule has 0 saturated carbocycles. The van der Waals surface area contributed by atoms with E-state index in [0.29, 0.717) is 25.2 Å². The number of carbonyl (C=O) groups is 3. The Morgan fingerprint density at radius 3 is 1.56 bits per heavy atom. The summed E-state index contributed by atoms with van der Waals surface area (Å²) >= 11 is 0. The van der Waals surface area contributed by atoms with E-state index < -0.39 is 16.6 Å². The minimum atomic E-state index is -0.609. The van der Waals surface area contributed by atoms with Crippen molar-refractivity contribution in [2.24, 2.45) is 7.05 Å². The highest BCUT2D eigenvalue weighted by molar-refractivity contribution is 6.14. The molecule has 4 heterocycles. The summed E-state index contributed by atoms with van der Waals surface area (Å²) in [4.78, 5) is 49.9. The summed E-state index contributed by atoms with van der Waals surface area (Å²) in [5, 5.41) is 2.04. The van der Waals surface area contributed by atoms with Crippen molar-refractivity contribution in [2.45, 2.75) is 83.3 Å². The van der Waals surface area contributed by atoms with Crippen LogP contribution in [0.5, 0.6) is 0 Å². The van der Waals surface area contributed by atoms with Crippen LogP contribution in [0.3, 0.4) is 0 Å². The molecule has 10 heteroatoms. The van der Waals surface area contributed by atoms with Crippen LogP contribution in [-0.2, 0) is 22.9 Å². The van der Waals surface area contributed by atoms with Gasteiger partial charge in [-0.2, -0.15) is 0 Å². The third kappa shape index (κ3) is 9.57. The molecule has 1 unspecified atom stereocenters. The number of fused-ring (bicyclic) bond motifs is 3. The van der Waals surface area contributed by atoms with Gasteiger partial charge in [0.15, 0.2) is 17.3 Å². The lowest BCUT2D eigenvalue weighted by molar-refractivity contribution is -0.00429. The van der Waals surface area contributed by atoms with E-state index in [4.69, 9.17) is 9.47 Å². The Balaban J connectivity index is 0.000000197. The third-order valence-corrected chi connectivity index (χ3v) is 14.3. The minimum Gasteiger partial charge on any atom is -0.379 e. The van der Waals surface area contributed by atoms with Crippen LogP contribution >= 0.6 is 0 Å². The molecule has 0 N–H and O–H groups in total. The van der Waals surface area contributed by atoms with Crippen molar-refractivity contribution in [1.29, 1.82) is 0 Å². The first-order chi connectivity index (χ1) is 30.2. The zero-order valence-electron chi connectivity index (χ0n) is 39.0. The van der Waals surface area contributed by atoms with E-state index in [1.807, 2.05) is 102 Å². The molecular weight excluding hydrogens is 787 g/mol. The molecule has 1 atom stereocenters. The van der Waals surface area contributed by atoms with E-state index in [2.05, 4.69) is 69.2 Å². The summed E-state index contributed by atoms with van der Waals surface area (Å²) < 4.78 is 13.1. The lowest BCUT2D eigenvalue weighted by Gasteiger charge is -2.39. The average molecular weight is 856 g/mol. The fraction of sp³-hybridized carbons (Fsp3) is 0.491. The van der Waals surface area contributed by atoms with Crippen molar-refractivity contribution >= 4 is 44.8 Å². The second-order valence-corrected chi connectivity index (χ2v) is 18.9. The SMILES string of the molecule is CCC(Cc1ccccc1)(C(=O)c1ccc(N2CCOCC2)cc1)N(C)C.Cn1c2ccc(C(=O)C(C)(C)N3CCCCC3)cc2c2cc(C(=O)C(C)(C)N3CCOCC3)ccc21. The van der Waals surface area contributed by atoms with E-state index in [1.165, 1.54) is 12.0 Å². The normalized spacial score (nSPS) is 18.0. The lowest BCUT2D eigenvalue weighted by Crippen LogP contribution is -2.54. The lowest BCUT2D eigenvalue weighted by atomic mass is 9.80. The van der Waals surface area contributed by atoms with Crippen molar-refractivity contribution in [2.75, 3.05) is 84.7 Å². The summed E-state index contributed by atoms with van der Waals surface area (Å²) in [7, 11) is 6.06. The number of ketones is 3. The highest BCUT2D eigenvalue weighted by atomic mass is 16.5. The van der Waals surface area contributed by atoms with E-state index in [-0.39, 0.29) is 17.3 Å². The van der Waals surface area contributed by atoms with Gasteiger partial charge in [-0.3, -0.25) is 29.1 Å². The molecule has 3 aliphatic rings. The fourth-order valence-electron chi connectivity index (χ4n) is 9.96. The smallest absolute Gasteiger partial charge is 0.183 e. The van der Waals surface area contributed by atoms with E-state index >= 15 is 0 Å². The summed E-state index contributed by atoms with van der Waals surface area (Å²) in [5.41, 5.74) is 4.99. The predicted molar refractivity (Wildman–Crippen MR) is 256 cm³/mol. The number of likely N-dealkylation sites (N-methyl/N-ethyl adjacent to an activating group) is 1. The molecular formula is C53H69N5O5. The molecule has 8 rings (SSSR count). The zero-order chi connectivity index (χ0) is 44.9. The van der Waals surface area contributed by atoms with Crippen LogP contribution in [0.15, 0.2) is 91.0 Å². The number of Topliss-reactive ketones (excluding diaryl/α,β-unsaturated/α-hetero) is 3. The molecule has 10 nitrogen and oxygen atoms in total. The fourth-order valence-corrected chi connectivity index (χ4v) is 9.96. The molecule has 63 heavy (non-hydrogen) atoms. The van der Waals surface area contributed by atoms with Gasteiger partial charge in [0.25, 0.3) is 0 Å². The number of morpholine rings is 2. The van der Waals surface area contributed by atoms with Crippen LogP contribution in [0.1, 0.15) is 96.9 Å². The number of likely N-dealkylation sites (tertiary alicyclic amines) is 1. The van der Waals surface area contributed by atoms with Crippen molar-refractivity contribution in [3.05, 3.63) is 113 Å². The number of benzene rings is 4. The second kappa shape index (κ2) is 19.6. The van der Waals surface area contributed by atoms with Crippen LogP contribution in [0.4, 0.5) is 5.69 Å². The van der Waals surface area contributed by atoms with Gasteiger partial charge in [-0.1, -0.05) is 43.7 Å². The molecule has 0 spiro atoms. The molecule has 0 radical (unpaired) electrons. The van der Waals surface area contributed by atoms with Crippen LogP contribution in [0, 0.1) is 0 Å². The molecule has 336 valence electrons. The van der Waals surface area contributed by atoms with Crippen LogP contribution in [-0.4, -0.2) is 133 Å². The molecule has 0 bridgehead atoms. The van der Waals surface area contributed by atoms with Gasteiger partial charge in [0.1, 0.15) is 0 Å². The first-order valence-corrected chi connectivity index (χ1v) is 23.1. The topological polar surface area (TPSA) is 87.6 Å². The first-order valence-electron chi connectivity index (χ1n) is 23.1. The Bertz CT molecular complexity index is 2270. The number of aryl methyl sites for hydroxylation is 1. The quantitative estimate of drug-likeness (QED) is 0.108. The maximum atomic E-state index is 13.7. The number of ether oxygens (including phenoxy) is 2. The number of carbonyl (C=O) groups excluding carboxylic acids is 3. The summed E-state index contributed by atoms with van der Waals surface area (Å²) in [5.74, 6) is 0.457. The van der Waals surface area contributed by atoms with Gasteiger partial charge in [0.2, 0.25) is 0 Å². The van der Waals surface area contributed by atoms with E-state index in [1.54, 1.807) is 0 Å². The predicted octanol–water partition coefficient (Wildman–Crippen LogP) is 8.73. The van der Waals surface area contributed by atoms with Gasteiger partial charge in [0.05, 0.1) is 43.0 Å². The van der Waals surface area contributed by atoms with E-state index in [0.717, 1.165) is 110 Å². The number of aromatic nitrogens is 1. The second-order valence-electron chi connectivity index (χ2n) is 18.9. The van der Waals surface area contributed by atoms with Crippen LogP contribution in [0.2, 0.25) is 0 Å². The molecule has 0 amide bonds. The Morgan fingerprint density at radius 1 is 0.587 bits per heavy atom. The van der Waals surface area contributed by atoms with Crippen LogP contribution < -0.4 is 4.90 Å². The molecule has 3 saturated heterocycles. The van der Waals surface area contributed by atoms with Crippen LogP contribution in [0.25, 0.3) is 21.8 Å². The molecule has 1 aromatic heterocycles. The summed E-state index contributed by atoms with van der Waals surface area (Å²) in [6.07, 6.45) is 5.01. The molecule has 0 aliphatic carbocycles. The maximum absolute atomic E-state index is 13.7. The van der Waals surface area contributed by atoms with Gasteiger partial charge < -0.3 is 18.9 Å². The average Bonchev–Trinajstić information content (AvgIpc) is 3.60. The molecule has 3 fully saturated rings. The molecule has 5 aromatic rings. The Kier molecular flexibility index (Phi) is 14.4. The minimum absolute atomic E-state index is 0.113. The number of hydrogen-bond acceptors (Lipinski definition) is 9. The number of piperidine rings is 1. The monoisotopic (exact) mass is 856 g/mol. The Hall–Kier alpha value is -4.71. The van der Waals surface area contributed by atoms with Gasteiger partial charge in [-0.05, 0) is 147 Å². The Morgan fingerprint density at radius 2 is 1.06 bits per heavy atom. The Labute approximate surface area is 375 Å². The molecule has 3 aliphatic heterocycles. The first kappa shape index (κ1) is 46.3. The van der Waals surface area contributed by atoms with Crippen molar-refractivity contribution in [3.63, 3.8) is 0 Å². The van der Waals surface area contributed by atoms with E-state index in [9.17, 15) is 14.4 Å². The standard InChI is InChI=1S/C30H39N3O3.C23H30N2O2/c1-29(2,32-13-7-6-8-14-32)27(34)21-9-11-25-23(19-21)24-20-22(10-12-26(24)31(25)5)28(35)30(3,4)33-15-17-36-18-16-33;1-4-23(24(2)3,18-19-8-6-5-7-9-19)22(26)20-10-12-21(13-11-20)25-14-16-27-17-15-25/h9-12,19-20H,6-8,13-18H2,1-5H3;5-13H,4,14-18H2,1-3H3. The highest BCUT2D eigenvalue weighted by Gasteiger charge is 2.40. The molecule has 4 aromatic carbocycles. The number of nitrogens with zero attached hydrogens (tertiary/aromatic N) is 5. The van der Waals surface area contributed by atoms with Gasteiger partial charge >= 0.3 is 0 Å². The summed E-state index contributed by atoms with van der Waals surface area (Å²) in [6, 6.07) is 30.4. The van der Waals surface area contributed by atoms with Gasteiger partial charge in [0, 0.05) is 77.4 Å². The largest absolute Gasteiger partial charge is 0.379 e. The highest BCUT2D eigenvalue weighted by Crippen LogP contribution is 2.34. The summed E-state index contributed by atoms with van der Waals surface area (Å²) in [6.45, 7) is 18.3. The van der Waals surface area contributed by atoms with Gasteiger partial charge in [-0.25, -0.2) is 0 Å².